The smallest absolute Gasteiger partial charge is 0.264 e. The maximum absolute atomic E-state index is 12.2. The van der Waals surface area contributed by atoms with Gasteiger partial charge in [0.1, 0.15) is 11.6 Å². The molecule has 1 aromatic carbocycles. The lowest BCUT2D eigenvalue weighted by Gasteiger charge is -2.26. The second-order valence-corrected chi connectivity index (χ2v) is 5.06. The van der Waals surface area contributed by atoms with E-state index in [1.165, 1.54) is 6.08 Å². The summed E-state index contributed by atoms with van der Waals surface area (Å²) in [4.78, 5) is 13.8. The van der Waals surface area contributed by atoms with E-state index in [-0.39, 0.29) is 11.5 Å². The van der Waals surface area contributed by atoms with Gasteiger partial charge in [-0.3, -0.25) is 4.79 Å². The van der Waals surface area contributed by atoms with Crippen LogP contribution in [0, 0.1) is 11.3 Å². The average molecular weight is 311 g/mol. The molecule has 2 rings (SSSR count). The SMILES string of the molecule is N#C/C(=C/c1ccc(Cl)c(Cl)c1)C(=O)N1CCOCC1. The van der Waals surface area contributed by atoms with Crippen molar-refractivity contribution in [1.29, 1.82) is 5.26 Å². The maximum atomic E-state index is 12.2. The van der Waals surface area contributed by atoms with Crippen LogP contribution in [-0.2, 0) is 9.53 Å². The summed E-state index contributed by atoms with van der Waals surface area (Å²) in [6.07, 6.45) is 1.51. The standard InChI is InChI=1S/C14H12Cl2N2O2/c15-12-2-1-10(8-13(12)16)7-11(9-17)14(19)18-3-5-20-6-4-18/h1-2,7-8H,3-6H2/b11-7-. The van der Waals surface area contributed by atoms with E-state index in [4.69, 9.17) is 33.2 Å². The highest BCUT2D eigenvalue weighted by atomic mass is 35.5. The van der Waals surface area contributed by atoms with E-state index in [2.05, 4.69) is 0 Å². The molecule has 1 heterocycles. The lowest BCUT2D eigenvalue weighted by atomic mass is 10.1. The Balaban J connectivity index is 2.22. The van der Waals surface area contributed by atoms with Gasteiger partial charge in [0.15, 0.2) is 0 Å². The predicted molar refractivity (Wildman–Crippen MR) is 77.5 cm³/mol. The van der Waals surface area contributed by atoms with Crippen molar-refractivity contribution >= 4 is 35.2 Å². The lowest BCUT2D eigenvalue weighted by molar-refractivity contribution is -0.130. The van der Waals surface area contributed by atoms with Gasteiger partial charge in [-0.25, -0.2) is 0 Å². The molecule has 1 saturated heterocycles. The van der Waals surface area contributed by atoms with E-state index in [0.717, 1.165) is 0 Å². The van der Waals surface area contributed by atoms with Gasteiger partial charge in [0.05, 0.1) is 23.3 Å². The first kappa shape index (κ1) is 14.9. The topological polar surface area (TPSA) is 53.3 Å². The number of carbonyl (C=O) groups is 1. The highest BCUT2D eigenvalue weighted by Crippen LogP contribution is 2.24. The molecule has 6 heteroatoms. The summed E-state index contributed by atoms with van der Waals surface area (Å²) in [5.74, 6) is -0.290. The van der Waals surface area contributed by atoms with E-state index < -0.39 is 0 Å². The zero-order chi connectivity index (χ0) is 14.5. The van der Waals surface area contributed by atoms with Crippen molar-refractivity contribution in [3.05, 3.63) is 39.4 Å². The van der Waals surface area contributed by atoms with Gasteiger partial charge in [-0.1, -0.05) is 29.3 Å². The second kappa shape index (κ2) is 6.76. The fourth-order valence-electron chi connectivity index (χ4n) is 1.85. The molecule has 0 N–H and O–H groups in total. The van der Waals surface area contributed by atoms with Crippen LogP contribution in [0.15, 0.2) is 23.8 Å². The minimum Gasteiger partial charge on any atom is -0.378 e. The number of ether oxygens (including phenoxy) is 1. The molecule has 0 saturated carbocycles. The molecule has 1 amide bonds. The molecule has 0 atom stereocenters. The van der Waals surface area contributed by atoms with Crippen molar-refractivity contribution < 1.29 is 9.53 Å². The Morgan fingerprint density at radius 1 is 1.30 bits per heavy atom. The third kappa shape index (κ3) is 3.51. The average Bonchev–Trinajstić information content (AvgIpc) is 2.48. The predicted octanol–water partition coefficient (Wildman–Crippen LogP) is 2.76. The third-order valence-corrected chi connectivity index (χ3v) is 3.64. The molecular weight excluding hydrogens is 299 g/mol. The van der Waals surface area contributed by atoms with Crippen LogP contribution < -0.4 is 0 Å². The highest BCUT2D eigenvalue weighted by molar-refractivity contribution is 6.42. The summed E-state index contributed by atoms with van der Waals surface area (Å²) in [6.45, 7) is 1.99. The fraction of sp³-hybridized carbons (Fsp3) is 0.286. The Bertz CT molecular complexity index is 587. The van der Waals surface area contributed by atoms with Crippen molar-refractivity contribution in [1.82, 2.24) is 4.90 Å². The van der Waals surface area contributed by atoms with Crippen molar-refractivity contribution in [2.24, 2.45) is 0 Å². The minimum absolute atomic E-state index is 0.0743. The maximum Gasteiger partial charge on any atom is 0.264 e. The first-order valence-electron chi connectivity index (χ1n) is 6.05. The largest absolute Gasteiger partial charge is 0.378 e. The molecule has 0 aliphatic carbocycles. The lowest BCUT2D eigenvalue weighted by Crippen LogP contribution is -2.41. The third-order valence-electron chi connectivity index (χ3n) is 2.90. The Kier molecular flexibility index (Phi) is 5.02. The van der Waals surface area contributed by atoms with Crippen LogP contribution in [0.2, 0.25) is 10.0 Å². The normalized spacial score (nSPS) is 15.8. The molecule has 0 unspecified atom stereocenters. The number of hydrogen-bond acceptors (Lipinski definition) is 3. The molecule has 1 fully saturated rings. The van der Waals surface area contributed by atoms with E-state index in [0.29, 0.717) is 41.9 Å². The van der Waals surface area contributed by atoms with Crippen molar-refractivity contribution in [3.63, 3.8) is 0 Å². The van der Waals surface area contributed by atoms with Crippen LogP contribution in [0.25, 0.3) is 6.08 Å². The summed E-state index contributed by atoms with van der Waals surface area (Å²) in [5, 5.41) is 9.97. The van der Waals surface area contributed by atoms with Crippen molar-refractivity contribution in [3.8, 4) is 6.07 Å². The van der Waals surface area contributed by atoms with Gasteiger partial charge in [-0.15, -0.1) is 0 Å². The molecule has 4 nitrogen and oxygen atoms in total. The number of nitrogens with zero attached hydrogens (tertiary/aromatic N) is 2. The minimum atomic E-state index is -0.290. The van der Waals surface area contributed by atoms with Crippen molar-refractivity contribution in [2.75, 3.05) is 26.3 Å². The molecule has 1 aliphatic heterocycles. The number of halogens is 2. The van der Waals surface area contributed by atoms with Crippen molar-refractivity contribution in [2.45, 2.75) is 0 Å². The highest BCUT2D eigenvalue weighted by Gasteiger charge is 2.20. The molecule has 0 bridgehead atoms. The Morgan fingerprint density at radius 3 is 2.60 bits per heavy atom. The molecule has 1 aliphatic rings. The first-order valence-corrected chi connectivity index (χ1v) is 6.81. The van der Waals surface area contributed by atoms with Gasteiger partial charge in [0.2, 0.25) is 0 Å². The number of amides is 1. The van der Waals surface area contributed by atoms with Gasteiger partial charge < -0.3 is 9.64 Å². The van der Waals surface area contributed by atoms with Gasteiger partial charge in [0.25, 0.3) is 5.91 Å². The number of benzene rings is 1. The summed E-state index contributed by atoms with van der Waals surface area (Å²) in [6, 6.07) is 6.89. The summed E-state index contributed by atoms with van der Waals surface area (Å²) < 4.78 is 5.18. The summed E-state index contributed by atoms with van der Waals surface area (Å²) >= 11 is 11.7. The van der Waals surface area contributed by atoms with Crippen LogP contribution in [0.1, 0.15) is 5.56 Å². The molecular formula is C14H12Cl2N2O2. The van der Waals surface area contributed by atoms with Gasteiger partial charge in [0, 0.05) is 13.1 Å². The van der Waals surface area contributed by atoms with Crippen LogP contribution in [0.3, 0.4) is 0 Å². The zero-order valence-corrected chi connectivity index (χ0v) is 12.1. The molecule has 0 spiro atoms. The van der Waals surface area contributed by atoms with Crippen LogP contribution in [0.4, 0.5) is 0 Å². The van der Waals surface area contributed by atoms with Crippen LogP contribution in [-0.4, -0.2) is 37.1 Å². The van der Waals surface area contributed by atoms with E-state index >= 15 is 0 Å². The first-order chi connectivity index (χ1) is 9.61. The summed E-state index contributed by atoms with van der Waals surface area (Å²) in [5.41, 5.74) is 0.739. The number of morpholine rings is 1. The zero-order valence-electron chi connectivity index (χ0n) is 10.6. The van der Waals surface area contributed by atoms with E-state index in [1.807, 2.05) is 6.07 Å². The molecule has 104 valence electrons. The number of rotatable bonds is 2. The summed E-state index contributed by atoms with van der Waals surface area (Å²) in [7, 11) is 0. The van der Waals surface area contributed by atoms with Gasteiger partial charge in [-0.05, 0) is 23.8 Å². The van der Waals surface area contributed by atoms with Gasteiger partial charge >= 0.3 is 0 Å². The van der Waals surface area contributed by atoms with Gasteiger partial charge in [-0.2, -0.15) is 5.26 Å². The molecule has 0 radical (unpaired) electrons. The molecule has 0 aromatic heterocycles. The molecule has 20 heavy (non-hydrogen) atoms. The fourth-order valence-corrected chi connectivity index (χ4v) is 2.15. The van der Waals surface area contributed by atoms with E-state index in [9.17, 15) is 4.79 Å². The quantitative estimate of drug-likeness (QED) is 0.623. The van der Waals surface area contributed by atoms with E-state index in [1.54, 1.807) is 23.1 Å². The Hall–Kier alpha value is -1.54. The Labute approximate surface area is 127 Å². The monoisotopic (exact) mass is 310 g/mol. The van der Waals surface area contributed by atoms with Crippen LogP contribution in [0.5, 0.6) is 0 Å². The molecule has 1 aromatic rings. The number of nitriles is 1. The Morgan fingerprint density at radius 2 is 2.00 bits per heavy atom. The number of carbonyl (C=O) groups excluding carboxylic acids is 1. The number of hydrogen-bond donors (Lipinski definition) is 0. The second-order valence-electron chi connectivity index (χ2n) is 4.25. The van der Waals surface area contributed by atoms with Crippen LogP contribution >= 0.6 is 23.2 Å².